The van der Waals surface area contributed by atoms with Crippen molar-refractivity contribution in [3.63, 3.8) is 0 Å². The SMILES string of the molecule is CCCCCCCCCCCC/C=C\CCCCCOC[C@H](COP(=O)(O)C(CC)[N+](C)(C)C)OC. The fourth-order valence-corrected chi connectivity index (χ4v) is 6.41. The first-order chi connectivity index (χ1) is 17.2. The summed E-state index contributed by atoms with van der Waals surface area (Å²) >= 11 is 0. The van der Waals surface area contributed by atoms with E-state index < -0.39 is 13.4 Å². The molecule has 0 amide bonds. The Bertz CT molecular complexity index is 564. The Morgan fingerprint density at radius 2 is 1.28 bits per heavy atom. The summed E-state index contributed by atoms with van der Waals surface area (Å²) in [6.07, 6.45) is 24.6. The zero-order valence-corrected chi connectivity index (χ0v) is 25.6. The largest absolute Gasteiger partial charge is 0.385 e. The molecule has 0 aliphatic rings. The summed E-state index contributed by atoms with van der Waals surface area (Å²) in [5, 5.41) is 0. The molecule has 0 saturated carbocycles. The minimum atomic E-state index is -3.74. The van der Waals surface area contributed by atoms with Crippen LogP contribution in [0.2, 0.25) is 0 Å². The van der Waals surface area contributed by atoms with Crippen LogP contribution in [0.25, 0.3) is 0 Å². The lowest BCUT2D eigenvalue weighted by molar-refractivity contribution is -0.883. The molecular weight excluding hydrogens is 473 g/mol. The van der Waals surface area contributed by atoms with E-state index in [0.29, 0.717) is 24.1 Å². The van der Waals surface area contributed by atoms with Gasteiger partial charge in [-0.3, -0.25) is 4.57 Å². The second-order valence-corrected chi connectivity index (χ2v) is 13.1. The molecule has 0 saturated heterocycles. The van der Waals surface area contributed by atoms with Crippen molar-refractivity contribution in [2.45, 2.75) is 128 Å². The fourth-order valence-electron chi connectivity index (χ4n) is 4.52. The van der Waals surface area contributed by atoms with Gasteiger partial charge in [0.1, 0.15) is 6.10 Å². The average Bonchev–Trinajstić information content (AvgIpc) is 2.81. The smallest absolute Gasteiger partial charge is 0.379 e. The van der Waals surface area contributed by atoms with Crippen molar-refractivity contribution >= 4 is 7.60 Å². The lowest BCUT2D eigenvalue weighted by atomic mass is 10.1. The van der Waals surface area contributed by atoms with Crippen LogP contribution in [0.3, 0.4) is 0 Å². The minimum Gasteiger partial charge on any atom is -0.379 e. The zero-order valence-electron chi connectivity index (χ0n) is 24.7. The normalized spacial score (nSPS) is 15.9. The van der Waals surface area contributed by atoms with Gasteiger partial charge in [-0.2, -0.15) is 0 Å². The predicted octanol–water partition coefficient (Wildman–Crippen LogP) is 8.09. The molecule has 0 aromatic heterocycles. The summed E-state index contributed by atoms with van der Waals surface area (Å²) in [7, 11) is 3.57. The molecule has 0 spiro atoms. The monoisotopic (exact) mass is 534 g/mol. The van der Waals surface area contributed by atoms with Crippen molar-refractivity contribution in [3.05, 3.63) is 12.2 Å². The number of hydrogen-bond acceptors (Lipinski definition) is 4. The highest BCUT2D eigenvalue weighted by molar-refractivity contribution is 7.53. The van der Waals surface area contributed by atoms with E-state index in [0.717, 1.165) is 19.3 Å². The van der Waals surface area contributed by atoms with E-state index in [4.69, 9.17) is 14.0 Å². The van der Waals surface area contributed by atoms with Crippen molar-refractivity contribution in [1.82, 2.24) is 0 Å². The van der Waals surface area contributed by atoms with Crippen molar-refractivity contribution in [2.24, 2.45) is 0 Å². The number of unbranched alkanes of at least 4 members (excludes halogenated alkanes) is 13. The Kier molecular flexibility index (Phi) is 22.6. The van der Waals surface area contributed by atoms with Gasteiger partial charge in [-0.15, -0.1) is 0 Å². The van der Waals surface area contributed by atoms with E-state index in [-0.39, 0.29) is 12.7 Å². The molecule has 0 aliphatic carbocycles. The summed E-state index contributed by atoms with van der Waals surface area (Å²) in [6.45, 7) is 5.29. The molecule has 216 valence electrons. The fraction of sp³-hybridized carbons (Fsp3) is 0.931. The third kappa shape index (κ3) is 19.8. The summed E-state index contributed by atoms with van der Waals surface area (Å²) in [4.78, 5) is 10.4. The van der Waals surface area contributed by atoms with E-state index in [9.17, 15) is 9.46 Å². The van der Waals surface area contributed by atoms with Crippen molar-refractivity contribution in [2.75, 3.05) is 48.1 Å². The average molecular weight is 535 g/mol. The minimum absolute atomic E-state index is 0.0601. The first-order valence-corrected chi connectivity index (χ1v) is 16.4. The Morgan fingerprint density at radius 3 is 1.75 bits per heavy atom. The van der Waals surface area contributed by atoms with E-state index in [1.807, 2.05) is 28.1 Å². The van der Waals surface area contributed by atoms with Gasteiger partial charge in [0.15, 0.2) is 5.78 Å². The Labute approximate surface area is 224 Å². The molecule has 0 aliphatic heterocycles. The third-order valence-corrected chi connectivity index (χ3v) is 9.10. The van der Waals surface area contributed by atoms with Gasteiger partial charge in [-0.25, -0.2) is 0 Å². The molecule has 6 nitrogen and oxygen atoms in total. The zero-order chi connectivity index (χ0) is 27.1. The molecular formula is C29H61NO5P+. The first-order valence-electron chi connectivity index (χ1n) is 14.7. The van der Waals surface area contributed by atoms with Crippen LogP contribution in [0.1, 0.15) is 117 Å². The van der Waals surface area contributed by atoms with Crippen molar-refractivity contribution in [1.29, 1.82) is 0 Å². The molecule has 2 unspecified atom stereocenters. The summed E-state index contributed by atoms with van der Waals surface area (Å²) in [6, 6.07) is 0. The van der Waals surface area contributed by atoms with Crippen molar-refractivity contribution in [3.8, 4) is 0 Å². The molecule has 0 radical (unpaired) electrons. The molecule has 0 aromatic carbocycles. The Balaban J connectivity index is 3.67. The number of quaternary nitrogens is 1. The number of methoxy groups -OCH3 is 1. The van der Waals surface area contributed by atoms with Gasteiger partial charge in [0.25, 0.3) is 0 Å². The maximum atomic E-state index is 12.7. The van der Waals surface area contributed by atoms with Gasteiger partial charge in [0.05, 0.1) is 34.4 Å². The number of ether oxygens (including phenoxy) is 2. The predicted molar refractivity (Wildman–Crippen MR) is 154 cm³/mol. The molecule has 0 heterocycles. The van der Waals surface area contributed by atoms with Crippen LogP contribution in [0.15, 0.2) is 12.2 Å². The van der Waals surface area contributed by atoms with Crippen LogP contribution in [-0.4, -0.2) is 69.3 Å². The number of hydrogen-bond donors (Lipinski definition) is 1. The first kappa shape index (κ1) is 35.8. The standard InChI is InChI=1S/C29H60NO5P/c1-7-9-10-11-12-13-14-15-16-17-18-19-20-21-22-23-24-25-34-26-28(33-6)27-35-36(31,32)29(8-2)30(3,4)5/h19-20,28-29H,7-18,21-27H2,1-6H3/p+1/b20-19-/t28-,29?/m1/s1. The third-order valence-electron chi connectivity index (χ3n) is 6.77. The number of allylic oxidation sites excluding steroid dienone is 2. The molecule has 7 heteroatoms. The van der Waals surface area contributed by atoms with Crippen LogP contribution in [0.5, 0.6) is 0 Å². The number of rotatable bonds is 26. The summed E-state index contributed by atoms with van der Waals surface area (Å²) in [5.74, 6) is -0.458. The second kappa shape index (κ2) is 22.7. The van der Waals surface area contributed by atoms with Crippen LogP contribution < -0.4 is 0 Å². The van der Waals surface area contributed by atoms with Gasteiger partial charge in [0, 0.05) is 20.1 Å². The van der Waals surface area contributed by atoms with Gasteiger partial charge in [0.2, 0.25) is 0 Å². The summed E-state index contributed by atoms with van der Waals surface area (Å²) in [5.41, 5.74) is 0. The highest BCUT2D eigenvalue weighted by Gasteiger charge is 2.41. The molecule has 1 N–H and O–H groups in total. The lowest BCUT2D eigenvalue weighted by Gasteiger charge is -2.35. The van der Waals surface area contributed by atoms with Crippen LogP contribution >= 0.6 is 7.60 Å². The van der Waals surface area contributed by atoms with Crippen LogP contribution in [-0.2, 0) is 18.6 Å². The molecule has 3 atom stereocenters. The Morgan fingerprint density at radius 1 is 0.778 bits per heavy atom. The molecule has 36 heavy (non-hydrogen) atoms. The van der Waals surface area contributed by atoms with Gasteiger partial charge < -0.3 is 23.4 Å². The van der Waals surface area contributed by atoms with E-state index in [2.05, 4.69) is 19.1 Å². The van der Waals surface area contributed by atoms with Gasteiger partial charge >= 0.3 is 7.60 Å². The second-order valence-electron chi connectivity index (χ2n) is 11.1. The van der Waals surface area contributed by atoms with Crippen LogP contribution in [0, 0.1) is 0 Å². The molecule has 0 fully saturated rings. The van der Waals surface area contributed by atoms with E-state index >= 15 is 0 Å². The molecule has 0 bridgehead atoms. The maximum absolute atomic E-state index is 12.7. The van der Waals surface area contributed by atoms with Gasteiger partial charge in [-0.05, 0) is 32.1 Å². The number of nitrogens with zero attached hydrogens (tertiary/aromatic N) is 1. The van der Waals surface area contributed by atoms with Gasteiger partial charge in [-0.1, -0.05) is 90.2 Å². The molecule has 0 aromatic rings. The summed E-state index contributed by atoms with van der Waals surface area (Å²) < 4.78 is 29.6. The highest BCUT2D eigenvalue weighted by Crippen LogP contribution is 2.51. The highest BCUT2D eigenvalue weighted by atomic mass is 31.2. The Hall–Kier alpha value is -0.230. The van der Waals surface area contributed by atoms with Crippen molar-refractivity contribution < 1.29 is 27.9 Å². The topological polar surface area (TPSA) is 65.0 Å². The quantitative estimate of drug-likeness (QED) is 0.0526. The maximum Gasteiger partial charge on any atom is 0.385 e. The van der Waals surface area contributed by atoms with Crippen LogP contribution in [0.4, 0.5) is 0 Å². The lowest BCUT2D eigenvalue weighted by Crippen LogP contribution is -2.45. The van der Waals surface area contributed by atoms with E-state index in [1.54, 1.807) is 7.11 Å². The van der Waals surface area contributed by atoms with E-state index in [1.165, 1.54) is 77.0 Å². The molecule has 0 rings (SSSR count).